The third-order valence-electron chi connectivity index (χ3n) is 3.98. The first-order chi connectivity index (χ1) is 9.67. The highest BCUT2D eigenvalue weighted by atomic mass is 16.5. The molecule has 0 spiro atoms. The van der Waals surface area contributed by atoms with Crippen LogP contribution >= 0.6 is 0 Å². The first-order valence-corrected chi connectivity index (χ1v) is 6.65. The lowest BCUT2D eigenvalue weighted by Gasteiger charge is -2.13. The number of phenolic OH excluding ortho intramolecular Hbond substituents is 1. The van der Waals surface area contributed by atoms with Crippen LogP contribution in [-0.2, 0) is 14.9 Å². The molecule has 102 valence electrons. The van der Waals surface area contributed by atoms with Gasteiger partial charge in [-0.3, -0.25) is 4.79 Å². The normalized spacial score (nSPS) is 15.7. The molecule has 2 aromatic rings. The molecule has 1 N–H and O–H groups in total. The third-order valence-corrected chi connectivity index (χ3v) is 3.98. The lowest BCUT2D eigenvalue weighted by molar-refractivity contribution is -0.143. The maximum absolute atomic E-state index is 11.8. The smallest absolute Gasteiger partial charge is 0.316 e. The lowest BCUT2D eigenvalue weighted by atomic mass is 9.93. The van der Waals surface area contributed by atoms with E-state index >= 15 is 0 Å². The zero-order valence-corrected chi connectivity index (χ0v) is 11.3. The first-order valence-electron chi connectivity index (χ1n) is 6.65. The first kappa shape index (κ1) is 12.7. The van der Waals surface area contributed by atoms with E-state index in [9.17, 15) is 9.90 Å². The van der Waals surface area contributed by atoms with Crippen LogP contribution in [0.2, 0.25) is 0 Å². The Balaban J connectivity index is 1.93. The van der Waals surface area contributed by atoms with Gasteiger partial charge in [0.1, 0.15) is 5.75 Å². The number of phenols is 1. The number of esters is 1. The van der Waals surface area contributed by atoms with E-state index in [1.807, 2.05) is 36.4 Å². The Morgan fingerprint density at radius 2 is 1.75 bits per heavy atom. The number of ether oxygens (including phenoxy) is 1. The zero-order chi connectivity index (χ0) is 14.2. The van der Waals surface area contributed by atoms with Crippen molar-refractivity contribution in [2.45, 2.75) is 18.3 Å². The fraction of sp³-hybridized carbons (Fsp3) is 0.235. The molecule has 0 unspecified atom stereocenters. The largest absolute Gasteiger partial charge is 0.507 e. The van der Waals surface area contributed by atoms with Gasteiger partial charge < -0.3 is 9.84 Å². The van der Waals surface area contributed by atoms with Crippen LogP contribution in [0.15, 0.2) is 48.5 Å². The fourth-order valence-electron chi connectivity index (χ4n) is 2.62. The van der Waals surface area contributed by atoms with E-state index < -0.39 is 5.41 Å². The van der Waals surface area contributed by atoms with E-state index in [4.69, 9.17) is 4.74 Å². The van der Waals surface area contributed by atoms with Crippen molar-refractivity contribution < 1.29 is 14.6 Å². The second-order valence-corrected chi connectivity index (χ2v) is 5.17. The maximum atomic E-state index is 11.8. The van der Waals surface area contributed by atoms with Gasteiger partial charge in [0.2, 0.25) is 0 Å². The van der Waals surface area contributed by atoms with Crippen LogP contribution in [0.25, 0.3) is 11.1 Å². The number of aromatic hydroxyl groups is 1. The van der Waals surface area contributed by atoms with Crippen LogP contribution in [0.3, 0.4) is 0 Å². The predicted molar refractivity (Wildman–Crippen MR) is 76.5 cm³/mol. The molecule has 3 nitrogen and oxygen atoms in total. The van der Waals surface area contributed by atoms with E-state index in [-0.39, 0.29) is 11.7 Å². The molecule has 0 saturated heterocycles. The van der Waals surface area contributed by atoms with Crippen molar-refractivity contribution in [3.63, 3.8) is 0 Å². The molecule has 1 aliphatic carbocycles. The average molecular weight is 268 g/mol. The number of carbonyl (C=O) groups is 1. The Hall–Kier alpha value is -2.29. The van der Waals surface area contributed by atoms with E-state index in [0.29, 0.717) is 0 Å². The number of benzene rings is 2. The summed E-state index contributed by atoms with van der Waals surface area (Å²) in [6.07, 6.45) is 1.69. The van der Waals surface area contributed by atoms with E-state index in [1.165, 1.54) is 7.11 Å². The third kappa shape index (κ3) is 1.95. The van der Waals surface area contributed by atoms with Gasteiger partial charge in [-0.05, 0) is 30.0 Å². The van der Waals surface area contributed by atoms with Crippen LogP contribution < -0.4 is 0 Å². The summed E-state index contributed by atoms with van der Waals surface area (Å²) in [6, 6.07) is 15.0. The molecule has 20 heavy (non-hydrogen) atoms. The SMILES string of the molecule is COC(=O)C1(c2ccc(-c3ccccc3O)cc2)CC1. The monoisotopic (exact) mass is 268 g/mol. The van der Waals surface area contributed by atoms with Crippen LogP contribution in [0.4, 0.5) is 0 Å². The molecular weight excluding hydrogens is 252 g/mol. The van der Waals surface area contributed by atoms with Gasteiger partial charge in [-0.25, -0.2) is 0 Å². The molecule has 0 heterocycles. The van der Waals surface area contributed by atoms with Gasteiger partial charge in [0.05, 0.1) is 12.5 Å². The second-order valence-electron chi connectivity index (χ2n) is 5.17. The van der Waals surface area contributed by atoms with Crippen LogP contribution in [-0.4, -0.2) is 18.2 Å². The van der Waals surface area contributed by atoms with E-state index in [2.05, 4.69) is 0 Å². The van der Waals surface area contributed by atoms with Crippen molar-refractivity contribution in [3.05, 3.63) is 54.1 Å². The lowest BCUT2D eigenvalue weighted by Crippen LogP contribution is -2.21. The Bertz CT molecular complexity index is 640. The van der Waals surface area contributed by atoms with Crippen molar-refractivity contribution in [1.82, 2.24) is 0 Å². The van der Waals surface area contributed by atoms with Crippen molar-refractivity contribution in [1.29, 1.82) is 0 Å². The molecule has 0 radical (unpaired) electrons. The summed E-state index contributed by atoms with van der Waals surface area (Å²) >= 11 is 0. The number of rotatable bonds is 3. The summed E-state index contributed by atoms with van der Waals surface area (Å²) in [5.74, 6) is 0.0992. The molecule has 2 aromatic carbocycles. The Morgan fingerprint density at radius 3 is 2.30 bits per heavy atom. The molecule has 0 aliphatic heterocycles. The number of carbonyl (C=O) groups excluding carboxylic acids is 1. The van der Waals surface area contributed by atoms with Crippen molar-refractivity contribution in [3.8, 4) is 16.9 Å². The molecule has 1 aliphatic rings. The molecule has 1 fully saturated rings. The second kappa shape index (κ2) is 4.67. The van der Waals surface area contributed by atoms with Crippen molar-refractivity contribution in [2.24, 2.45) is 0 Å². The minimum absolute atomic E-state index is 0.159. The number of hydrogen-bond acceptors (Lipinski definition) is 3. The van der Waals surface area contributed by atoms with E-state index in [1.54, 1.807) is 12.1 Å². The van der Waals surface area contributed by atoms with Gasteiger partial charge in [-0.1, -0.05) is 42.5 Å². The standard InChI is InChI=1S/C17H16O3/c1-20-16(19)17(10-11-17)13-8-6-12(7-9-13)14-4-2-3-5-15(14)18/h2-9,18H,10-11H2,1H3. The van der Waals surface area contributed by atoms with Gasteiger partial charge in [0.25, 0.3) is 0 Å². The average Bonchev–Trinajstić information content (AvgIpc) is 3.29. The van der Waals surface area contributed by atoms with Crippen LogP contribution in [0.5, 0.6) is 5.75 Å². The van der Waals surface area contributed by atoms with Crippen LogP contribution in [0.1, 0.15) is 18.4 Å². The maximum Gasteiger partial charge on any atom is 0.316 e. The zero-order valence-electron chi connectivity index (χ0n) is 11.3. The van der Waals surface area contributed by atoms with Crippen LogP contribution in [0, 0.1) is 0 Å². The van der Waals surface area contributed by atoms with E-state index in [0.717, 1.165) is 29.5 Å². The van der Waals surface area contributed by atoms with Gasteiger partial charge in [0.15, 0.2) is 0 Å². The summed E-state index contributed by atoms with van der Waals surface area (Å²) in [6.45, 7) is 0. The highest BCUT2D eigenvalue weighted by Gasteiger charge is 2.52. The molecule has 0 atom stereocenters. The minimum Gasteiger partial charge on any atom is -0.507 e. The van der Waals surface area contributed by atoms with Crippen molar-refractivity contribution >= 4 is 5.97 Å². The molecular formula is C17H16O3. The minimum atomic E-state index is -0.438. The summed E-state index contributed by atoms with van der Waals surface area (Å²) in [7, 11) is 1.43. The topological polar surface area (TPSA) is 46.5 Å². The predicted octanol–water partition coefficient (Wildman–Crippen LogP) is 3.26. The number of hydrogen-bond donors (Lipinski definition) is 1. The quantitative estimate of drug-likeness (QED) is 0.869. The highest BCUT2D eigenvalue weighted by molar-refractivity contribution is 5.86. The molecule has 0 aromatic heterocycles. The van der Waals surface area contributed by atoms with Crippen molar-refractivity contribution in [2.75, 3.05) is 7.11 Å². The Morgan fingerprint density at radius 1 is 1.10 bits per heavy atom. The molecule has 3 rings (SSSR count). The summed E-state index contributed by atoms with van der Waals surface area (Å²) in [4.78, 5) is 11.8. The highest BCUT2D eigenvalue weighted by Crippen LogP contribution is 2.49. The van der Waals surface area contributed by atoms with Gasteiger partial charge in [-0.15, -0.1) is 0 Å². The van der Waals surface area contributed by atoms with Gasteiger partial charge in [-0.2, -0.15) is 0 Å². The number of para-hydroxylation sites is 1. The summed E-state index contributed by atoms with van der Waals surface area (Å²) < 4.78 is 4.89. The molecule has 0 bridgehead atoms. The number of methoxy groups -OCH3 is 1. The fourth-order valence-corrected chi connectivity index (χ4v) is 2.62. The molecule has 1 saturated carbocycles. The van der Waals surface area contributed by atoms with Gasteiger partial charge in [0, 0.05) is 5.56 Å². The Labute approximate surface area is 117 Å². The summed E-state index contributed by atoms with van der Waals surface area (Å²) in [5.41, 5.74) is 2.28. The Kier molecular flexibility index (Phi) is 2.97. The molecule has 3 heteroatoms. The summed E-state index contributed by atoms with van der Waals surface area (Å²) in [5, 5.41) is 9.86. The van der Waals surface area contributed by atoms with Gasteiger partial charge >= 0.3 is 5.97 Å². The molecule has 0 amide bonds.